The van der Waals surface area contributed by atoms with Gasteiger partial charge in [0.25, 0.3) is 5.91 Å². The monoisotopic (exact) mass is 299 g/mol. The van der Waals surface area contributed by atoms with Crippen LogP contribution in [0.1, 0.15) is 27.6 Å². The lowest BCUT2D eigenvalue weighted by Gasteiger charge is -2.08. The van der Waals surface area contributed by atoms with Gasteiger partial charge in [-0.2, -0.15) is 0 Å². The zero-order valence-electron chi connectivity index (χ0n) is 12.5. The van der Waals surface area contributed by atoms with Crippen molar-refractivity contribution in [2.24, 2.45) is 0 Å². The van der Waals surface area contributed by atoms with Gasteiger partial charge in [-0.15, -0.1) is 0 Å². The van der Waals surface area contributed by atoms with Crippen LogP contribution in [0.5, 0.6) is 5.75 Å². The third-order valence-electron chi connectivity index (χ3n) is 2.97. The highest BCUT2D eigenvalue weighted by Gasteiger charge is 2.09. The van der Waals surface area contributed by atoms with Gasteiger partial charge in [-0.25, -0.2) is 4.79 Å². The molecule has 0 saturated heterocycles. The van der Waals surface area contributed by atoms with Crippen molar-refractivity contribution < 1.29 is 19.1 Å². The van der Waals surface area contributed by atoms with Gasteiger partial charge in [-0.1, -0.05) is 6.07 Å². The van der Waals surface area contributed by atoms with Crippen LogP contribution in [0.15, 0.2) is 48.5 Å². The van der Waals surface area contributed by atoms with Crippen LogP contribution in [-0.4, -0.2) is 25.6 Å². The van der Waals surface area contributed by atoms with E-state index in [1.165, 1.54) is 7.11 Å². The number of hydrogen-bond donors (Lipinski definition) is 1. The van der Waals surface area contributed by atoms with Crippen LogP contribution in [-0.2, 0) is 4.74 Å². The molecular formula is C17H17NO4. The van der Waals surface area contributed by atoms with Crippen LogP contribution in [0, 0.1) is 0 Å². The van der Waals surface area contributed by atoms with E-state index in [4.69, 9.17) is 4.74 Å². The SMILES string of the molecule is CCOc1cccc(NC(=O)c2ccc(C(=O)OC)cc2)c1. The summed E-state index contributed by atoms with van der Waals surface area (Å²) in [5, 5.41) is 2.78. The Morgan fingerprint density at radius 1 is 1.05 bits per heavy atom. The molecule has 22 heavy (non-hydrogen) atoms. The number of methoxy groups -OCH3 is 1. The Bertz CT molecular complexity index is 665. The Balaban J connectivity index is 2.08. The third-order valence-corrected chi connectivity index (χ3v) is 2.97. The van der Waals surface area contributed by atoms with Crippen molar-refractivity contribution in [2.45, 2.75) is 6.92 Å². The fourth-order valence-electron chi connectivity index (χ4n) is 1.91. The minimum Gasteiger partial charge on any atom is -0.494 e. The summed E-state index contributed by atoms with van der Waals surface area (Å²) in [5.41, 5.74) is 1.50. The molecule has 0 saturated carbocycles. The summed E-state index contributed by atoms with van der Waals surface area (Å²) in [6, 6.07) is 13.4. The van der Waals surface area contributed by atoms with Gasteiger partial charge >= 0.3 is 5.97 Å². The first kappa shape index (κ1) is 15.6. The normalized spacial score (nSPS) is 9.91. The van der Waals surface area contributed by atoms with Gasteiger partial charge in [0, 0.05) is 17.3 Å². The van der Waals surface area contributed by atoms with Crippen molar-refractivity contribution in [1.29, 1.82) is 0 Å². The Morgan fingerprint density at radius 3 is 2.36 bits per heavy atom. The fraction of sp³-hybridized carbons (Fsp3) is 0.176. The summed E-state index contributed by atoms with van der Waals surface area (Å²) >= 11 is 0. The average molecular weight is 299 g/mol. The number of anilines is 1. The molecule has 0 heterocycles. The highest BCUT2D eigenvalue weighted by atomic mass is 16.5. The zero-order chi connectivity index (χ0) is 15.9. The van der Waals surface area contributed by atoms with Crippen LogP contribution >= 0.6 is 0 Å². The van der Waals surface area contributed by atoms with Gasteiger partial charge in [0.05, 0.1) is 19.3 Å². The van der Waals surface area contributed by atoms with Crippen LogP contribution < -0.4 is 10.1 Å². The highest BCUT2D eigenvalue weighted by molar-refractivity contribution is 6.04. The highest BCUT2D eigenvalue weighted by Crippen LogP contribution is 2.18. The molecule has 0 unspecified atom stereocenters. The van der Waals surface area contributed by atoms with Gasteiger partial charge in [0.2, 0.25) is 0 Å². The summed E-state index contributed by atoms with van der Waals surface area (Å²) in [6.45, 7) is 2.46. The van der Waals surface area contributed by atoms with E-state index in [1.54, 1.807) is 42.5 Å². The third kappa shape index (κ3) is 3.85. The molecule has 2 rings (SSSR count). The number of rotatable bonds is 5. The van der Waals surface area contributed by atoms with Crippen molar-refractivity contribution in [2.75, 3.05) is 19.0 Å². The van der Waals surface area contributed by atoms with E-state index >= 15 is 0 Å². The molecule has 0 aromatic heterocycles. The lowest BCUT2D eigenvalue weighted by molar-refractivity contribution is 0.0600. The molecule has 0 atom stereocenters. The number of nitrogens with one attached hydrogen (secondary N) is 1. The van der Waals surface area contributed by atoms with E-state index in [0.29, 0.717) is 29.2 Å². The second kappa shape index (κ2) is 7.26. The van der Waals surface area contributed by atoms with Gasteiger partial charge < -0.3 is 14.8 Å². The largest absolute Gasteiger partial charge is 0.494 e. The minimum absolute atomic E-state index is 0.259. The molecule has 0 fully saturated rings. The van der Waals surface area contributed by atoms with Gasteiger partial charge in [0.1, 0.15) is 5.75 Å². The molecule has 0 aliphatic carbocycles. The maximum atomic E-state index is 12.2. The molecule has 5 nitrogen and oxygen atoms in total. The standard InChI is InChI=1S/C17H17NO4/c1-3-22-15-6-4-5-14(11-15)18-16(19)12-7-9-13(10-8-12)17(20)21-2/h4-11H,3H2,1-2H3,(H,18,19). The van der Waals surface area contributed by atoms with Gasteiger partial charge in [0.15, 0.2) is 0 Å². The smallest absolute Gasteiger partial charge is 0.337 e. The number of esters is 1. The molecule has 0 spiro atoms. The fourth-order valence-corrected chi connectivity index (χ4v) is 1.91. The molecule has 2 aromatic rings. The van der Waals surface area contributed by atoms with Crippen LogP contribution in [0.2, 0.25) is 0 Å². The number of carbonyl (C=O) groups is 2. The molecule has 0 aliphatic heterocycles. The lowest BCUT2D eigenvalue weighted by atomic mass is 10.1. The van der Waals surface area contributed by atoms with Gasteiger partial charge in [-0.05, 0) is 43.3 Å². The molecule has 0 bridgehead atoms. The minimum atomic E-state index is -0.434. The van der Waals surface area contributed by atoms with E-state index in [2.05, 4.69) is 10.1 Å². The quantitative estimate of drug-likeness (QED) is 0.862. The molecule has 1 N–H and O–H groups in total. The van der Waals surface area contributed by atoms with Crippen LogP contribution in [0.3, 0.4) is 0 Å². The second-order valence-electron chi connectivity index (χ2n) is 4.48. The Labute approximate surface area is 128 Å². The van der Waals surface area contributed by atoms with Crippen molar-refractivity contribution in [3.8, 4) is 5.75 Å². The molecule has 5 heteroatoms. The first-order valence-corrected chi connectivity index (χ1v) is 6.86. The van der Waals surface area contributed by atoms with E-state index in [0.717, 1.165) is 0 Å². The number of benzene rings is 2. The summed E-state index contributed by atoms with van der Waals surface area (Å²) in [7, 11) is 1.31. The van der Waals surface area contributed by atoms with Gasteiger partial charge in [-0.3, -0.25) is 4.79 Å². The molecule has 2 aromatic carbocycles. The maximum Gasteiger partial charge on any atom is 0.337 e. The van der Waals surface area contributed by atoms with E-state index in [1.807, 2.05) is 13.0 Å². The number of amides is 1. The summed E-state index contributed by atoms with van der Waals surface area (Å²) in [4.78, 5) is 23.5. The summed E-state index contributed by atoms with van der Waals surface area (Å²) < 4.78 is 10.0. The first-order valence-electron chi connectivity index (χ1n) is 6.86. The van der Waals surface area contributed by atoms with E-state index < -0.39 is 5.97 Å². The van der Waals surface area contributed by atoms with E-state index in [-0.39, 0.29) is 5.91 Å². The zero-order valence-corrected chi connectivity index (χ0v) is 12.5. The average Bonchev–Trinajstić information content (AvgIpc) is 2.55. The lowest BCUT2D eigenvalue weighted by Crippen LogP contribution is -2.12. The first-order chi connectivity index (χ1) is 10.6. The molecule has 114 valence electrons. The Kier molecular flexibility index (Phi) is 5.14. The molecule has 1 amide bonds. The van der Waals surface area contributed by atoms with Crippen LogP contribution in [0.25, 0.3) is 0 Å². The predicted octanol–water partition coefficient (Wildman–Crippen LogP) is 3.12. The summed E-state index contributed by atoms with van der Waals surface area (Å²) in [6.07, 6.45) is 0. The maximum absolute atomic E-state index is 12.2. The number of hydrogen-bond acceptors (Lipinski definition) is 4. The topological polar surface area (TPSA) is 64.6 Å². The Hall–Kier alpha value is -2.82. The predicted molar refractivity (Wildman–Crippen MR) is 83.3 cm³/mol. The number of carbonyl (C=O) groups excluding carboxylic acids is 2. The number of ether oxygens (including phenoxy) is 2. The molecule has 0 aliphatic rings. The van der Waals surface area contributed by atoms with Crippen molar-refractivity contribution in [1.82, 2.24) is 0 Å². The van der Waals surface area contributed by atoms with Crippen molar-refractivity contribution in [3.05, 3.63) is 59.7 Å². The second-order valence-corrected chi connectivity index (χ2v) is 4.48. The van der Waals surface area contributed by atoms with E-state index in [9.17, 15) is 9.59 Å². The van der Waals surface area contributed by atoms with Crippen molar-refractivity contribution in [3.63, 3.8) is 0 Å². The molecule has 0 radical (unpaired) electrons. The van der Waals surface area contributed by atoms with Crippen molar-refractivity contribution >= 4 is 17.6 Å². The van der Waals surface area contributed by atoms with Crippen LogP contribution in [0.4, 0.5) is 5.69 Å². The summed E-state index contributed by atoms with van der Waals surface area (Å²) in [5.74, 6) is 0.00257. The molecular weight excluding hydrogens is 282 g/mol. The Morgan fingerprint density at radius 2 is 1.73 bits per heavy atom.